The first kappa shape index (κ1) is 23.3. The van der Waals surface area contributed by atoms with Gasteiger partial charge in [-0.15, -0.1) is 0 Å². The lowest BCUT2D eigenvalue weighted by Crippen LogP contribution is -2.47. The lowest BCUT2D eigenvalue weighted by atomic mass is 9.98. The second-order valence-corrected chi connectivity index (χ2v) is 8.76. The van der Waals surface area contributed by atoms with Crippen LogP contribution in [-0.4, -0.2) is 42.3 Å². The number of ether oxygens (including phenoxy) is 1. The molecule has 2 aromatic rings. The van der Waals surface area contributed by atoms with E-state index in [1.165, 1.54) is 0 Å². The summed E-state index contributed by atoms with van der Waals surface area (Å²) >= 11 is 0. The van der Waals surface area contributed by atoms with E-state index in [1.54, 1.807) is 0 Å². The molecule has 0 aliphatic heterocycles. The van der Waals surface area contributed by atoms with Crippen molar-refractivity contribution >= 4 is 18.0 Å². The summed E-state index contributed by atoms with van der Waals surface area (Å²) in [5.74, 6) is -1.86. The van der Waals surface area contributed by atoms with Crippen molar-refractivity contribution in [2.24, 2.45) is 11.8 Å². The van der Waals surface area contributed by atoms with Crippen LogP contribution < -0.4 is 10.6 Å². The normalized spacial score (nSPS) is 18.7. The molecule has 1 fully saturated rings. The highest BCUT2D eigenvalue weighted by Crippen LogP contribution is 2.44. The lowest BCUT2D eigenvalue weighted by Gasteiger charge is -2.19. The minimum Gasteiger partial charge on any atom is -0.481 e. The maximum Gasteiger partial charge on any atom is 0.407 e. The zero-order chi connectivity index (χ0) is 24.1. The molecule has 0 saturated heterocycles. The maximum absolute atomic E-state index is 12.7. The van der Waals surface area contributed by atoms with Crippen LogP contribution in [0.15, 0.2) is 48.5 Å². The third-order valence-corrected chi connectivity index (χ3v) is 6.51. The highest BCUT2D eigenvalue weighted by atomic mass is 16.5. The predicted octanol–water partition coefficient (Wildman–Crippen LogP) is 3.42. The summed E-state index contributed by atoms with van der Waals surface area (Å²) in [6.45, 7) is 0.381. The fraction of sp³-hybridized carbons (Fsp3) is 0.385. The number of fused-ring (bicyclic) bond motifs is 3. The van der Waals surface area contributed by atoms with Gasteiger partial charge in [-0.2, -0.15) is 5.26 Å². The van der Waals surface area contributed by atoms with E-state index in [0.29, 0.717) is 12.8 Å². The minimum atomic E-state index is -0.860. The number of aliphatic carboxylic acids is 1. The van der Waals surface area contributed by atoms with Gasteiger partial charge in [0, 0.05) is 18.9 Å². The lowest BCUT2D eigenvalue weighted by molar-refractivity contribution is -0.139. The Morgan fingerprint density at radius 1 is 1.09 bits per heavy atom. The molecule has 2 aromatic carbocycles. The molecule has 34 heavy (non-hydrogen) atoms. The van der Waals surface area contributed by atoms with Crippen LogP contribution in [0.2, 0.25) is 0 Å². The Balaban J connectivity index is 1.35. The molecule has 0 bridgehead atoms. The topological polar surface area (TPSA) is 129 Å². The SMILES string of the molecule is N#CCCCC(NC(=O)OCC1c2ccccc2-c2ccccc21)C(=O)NCC1CC1C(=O)O. The smallest absolute Gasteiger partial charge is 0.407 e. The minimum absolute atomic E-state index is 0.0873. The van der Waals surface area contributed by atoms with Gasteiger partial charge in [0.2, 0.25) is 5.91 Å². The van der Waals surface area contributed by atoms with E-state index in [2.05, 4.69) is 22.8 Å². The van der Waals surface area contributed by atoms with Gasteiger partial charge in [-0.1, -0.05) is 48.5 Å². The number of nitrogens with zero attached hydrogens (tertiary/aromatic N) is 1. The molecule has 2 aliphatic rings. The van der Waals surface area contributed by atoms with E-state index in [4.69, 9.17) is 15.1 Å². The van der Waals surface area contributed by atoms with Gasteiger partial charge in [0.15, 0.2) is 0 Å². The zero-order valence-corrected chi connectivity index (χ0v) is 18.7. The molecule has 4 rings (SSSR count). The Bertz CT molecular complexity index is 1080. The Morgan fingerprint density at radius 3 is 2.32 bits per heavy atom. The van der Waals surface area contributed by atoms with Crippen LogP contribution in [0.5, 0.6) is 0 Å². The molecule has 0 aromatic heterocycles. The number of unbranched alkanes of at least 4 members (excludes halogenated alkanes) is 1. The highest BCUT2D eigenvalue weighted by molar-refractivity contribution is 5.86. The first-order valence-electron chi connectivity index (χ1n) is 11.5. The molecule has 3 atom stereocenters. The van der Waals surface area contributed by atoms with E-state index >= 15 is 0 Å². The molecule has 3 N–H and O–H groups in total. The number of carbonyl (C=O) groups is 3. The van der Waals surface area contributed by atoms with Gasteiger partial charge in [0.1, 0.15) is 12.6 Å². The molecule has 0 spiro atoms. The second-order valence-electron chi connectivity index (χ2n) is 8.76. The van der Waals surface area contributed by atoms with E-state index < -0.39 is 29.9 Å². The second kappa shape index (κ2) is 10.4. The number of carbonyl (C=O) groups excluding carboxylic acids is 2. The summed E-state index contributed by atoms with van der Waals surface area (Å²) in [6.07, 6.45) is 0.832. The number of nitriles is 1. The monoisotopic (exact) mass is 461 g/mol. The number of benzene rings is 2. The van der Waals surface area contributed by atoms with E-state index in [9.17, 15) is 14.4 Å². The molecule has 3 unspecified atom stereocenters. The van der Waals surface area contributed by atoms with Crippen LogP contribution in [0.4, 0.5) is 4.79 Å². The van der Waals surface area contributed by atoms with Crippen molar-refractivity contribution in [3.8, 4) is 17.2 Å². The average Bonchev–Trinajstić information content (AvgIpc) is 3.56. The van der Waals surface area contributed by atoms with E-state index in [1.807, 2.05) is 42.5 Å². The molecule has 0 radical (unpaired) electrons. The van der Waals surface area contributed by atoms with Gasteiger partial charge in [-0.25, -0.2) is 4.79 Å². The summed E-state index contributed by atoms with van der Waals surface area (Å²) in [5, 5.41) is 23.2. The summed E-state index contributed by atoms with van der Waals surface area (Å²) in [7, 11) is 0. The van der Waals surface area contributed by atoms with Gasteiger partial charge < -0.3 is 20.5 Å². The maximum atomic E-state index is 12.7. The van der Waals surface area contributed by atoms with Crippen molar-refractivity contribution in [2.75, 3.05) is 13.2 Å². The molecule has 2 aliphatic carbocycles. The van der Waals surface area contributed by atoms with Gasteiger partial charge >= 0.3 is 12.1 Å². The van der Waals surface area contributed by atoms with E-state index in [-0.39, 0.29) is 37.8 Å². The summed E-state index contributed by atoms with van der Waals surface area (Å²) in [5.41, 5.74) is 4.44. The van der Waals surface area contributed by atoms with Crippen molar-refractivity contribution in [3.05, 3.63) is 59.7 Å². The number of nitrogens with one attached hydrogen (secondary N) is 2. The van der Waals surface area contributed by atoms with Crippen LogP contribution >= 0.6 is 0 Å². The largest absolute Gasteiger partial charge is 0.481 e. The van der Waals surface area contributed by atoms with Crippen LogP contribution in [0.1, 0.15) is 42.7 Å². The van der Waals surface area contributed by atoms with Crippen molar-refractivity contribution in [1.29, 1.82) is 5.26 Å². The van der Waals surface area contributed by atoms with Crippen LogP contribution in [0, 0.1) is 23.2 Å². The third-order valence-electron chi connectivity index (χ3n) is 6.51. The molecule has 176 valence electrons. The summed E-state index contributed by atoms with van der Waals surface area (Å²) in [6, 6.07) is 17.2. The molecular formula is C26H27N3O5. The standard InChI is InChI=1S/C26H27N3O5/c27-12-6-5-11-23(24(30)28-14-16-13-21(16)25(31)32)29-26(33)34-15-22-19-9-3-1-7-17(19)18-8-2-4-10-20(18)22/h1-4,7-10,16,21-23H,5-6,11,13-15H2,(H,28,30)(H,29,33)(H,31,32). The number of hydrogen-bond acceptors (Lipinski definition) is 5. The Kier molecular flexibility index (Phi) is 7.12. The molecular weight excluding hydrogens is 434 g/mol. The number of alkyl carbamates (subject to hydrolysis) is 1. The van der Waals surface area contributed by atoms with Crippen LogP contribution in [0.25, 0.3) is 11.1 Å². The summed E-state index contributed by atoms with van der Waals surface area (Å²) in [4.78, 5) is 36.3. The number of amides is 2. The first-order chi connectivity index (χ1) is 16.5. The number of rotatable bonds is 10. The number of carboxylic acid groups (broad SMARTS) is 1. The number of hydrogen-bond donors (Lipinski definition) is 3. The fourth-order valence-electron chi connectivity index (χ4n) is 4.57. The first-order valence-corrected chi connectivity index (χ1v) is 11.5. The molecule has 8 nitrogen and oxygen atoms in total. The predicted molar refractivity (Wildman–Crippen MR) is 124 cm³/mol. The highest BCUT2D eigenvalue weighted by Gasteiger charge is 2.43. The van der Waals surface area contributed by atoms with Gasteiger partial charge in [0.25, 0.3) is 0 Å². The van der Waals surface area contributed by atoms with Crippen molar-refractivity contribution in [3.63, 3.8) is 0 Å². The fourth-order valence-corrected chi connectivity index (χ4v) is 4.57. The average molecular weight is 462 g/mol. The van der Waals surface area contributed by atoms with Gasteiger partial charge in [-0.3, -0.25) is 9.59 Å². The van der Waals surface area contributed by atoms with Crippen molar-refractivity contribution < 1.29 is 24.2 Å². The van der Waals surface area contributed by atoms with Crippen LogP contribution in [0.3, 0.4) is 0 Å². The Hall–Kier alpha value is -3.86. The summed E-state index contributed by atoms with van der Waals surface area (Å²) < 4.78 is 5.54. The Labute approximate surface area is 197 Å². The van der Waals surface area contributed by atoms with Crippen LogP contribution in [-0.2, 0) is 14.3 Å². The van der Waals surface area contributed by atoms with Crippen molar-refractivity contribution in [2.45, 2.75) is 37.6 Å². The third kappa shape index (κ3) is 5.20. The molecule has 1 saturated carbocycles. The van der Waals surface area contributed by atoms with E-state index in [0.717, 1.165) is 22.3 Å². The van der Waals surface area contributed by atoms with Crippen molar-refractivity contribution in [1.82, 2.24) is 10.6 Å². The quantitative estimate of drug-likeness (QED) is 0.465. The Morgan fingerprint density at radius 2 is 1.74 bits per heavy atom. The van der Waals surface area contributed by atoms with Gasteiger partial charge in [0.05, 0.1) is 12.0 Å². The number of carboxylic acids is 1. The molecule has 2 amide bonds. The zero-order valence-electron chi connectivity index (χ0n) is 18.7. The molecule has 8 heteroatoms. The van der Waals surface area contributed by atoms with Gasteiger partial charge in [-0.05, 0) is 47.4 Å². The molecule has 0 heterocycles.